The molecule has 0 aliphatic carbocycles. The third kappa shape index (κ3) is 4.71. The van der Waals surface area contributed by atoms with Crippen LogP contribution in [0.5, 0.6) is 0 Å². The SMILES string of the molecule is COC(C)(C)CC(C)Nc1ccc(C)c(C(F)(F)F)c1. The van der Waals surface area contributed by atoms with Crippen LogP contribution in [0.25, 0.3) is 0 Å². The van der Waals surface area contributed by atoms with E-state index in [1.807, 2.05) is 20.8 Å². The lowest BCUT2D eigenvalue weighted by Gasteiger charge is -2.27. The average molecular weight is 289 g/mol. The van der Waals surface area contributed by atoms with Gasteiger partial charge in [-0.3, -0.25) is 0 Å². The van der Waals surface area contributed by atoms with Gasteiger partial charge in [0, 0.05) is 18.8 Å². The Balaban J connectivity index is 2.84. The Bertz CT molecular complexity index is 455. The third-order valence-corrected chi connectivity index (χ3v) is 3.31. The lowest BCUT2D eigenvalue weighted by Crippen LogP contribution is -2.31. The van der Waals surface area contributed by atoms with Crippen LogP contribution in [-0.4, -0.2) is 18.8 Å². The van der Waals surface area contributed by atoms with E-state index in [0.717, 1.165) is 6.07 Å². The summed E-state index contributed by atoms with van der Waals surface area (Å²) in [7, 11) is 1.63. The Morgan fingerprint density at radius 2 is 1.85 bits per heavy atom. The first-order valence-corrected chi connectivity index (χ1v) is 6.55. The number of benzene rings is 1. The number of halogens is 3. The minimum absolute atomic E-state index is 0.00809. The van der Waals surface area contributed by atoms with E-state index < -0.39 is 11.7 Å². The number of ether oxygens (including phenoxy) is 1. The van der Waals surface area contributed by atoms with Crippen molar-refractivity contribution in [1.29, 1.82) is 0 Å². The highest BCUT2D eigenvalue weighted by Gasteiger charge is 2.32. The molecule has 1 aromatic rings. The van der Waals surface area contributed by atoms with Crippen molar-refractivity contribution in [3.63, 3.8) is 0 Å². The summed E-state index contributed by atoms with van der Waals surface area (Å²) in [5.74, 6) is 0. The van der Waals surface area contributed by atoms with Crippen LogP contribution in [0.4, 0.5) is 18.9 Å². The Morgan fingerprint density at radius 3 is 2.35 bits per heavy atom. The molecule has 1 rings (SSSR count). The van der Waals surface area contributed by atoms with Gasteiger partial charge < -0.3 is 10.1 Å². The minimum atomic E-state index is -4.32. The van der Waals surface area contributed by atoms with Crippen molar-refractivity contribution < 1.29 is 17.9 Å². The maximum atomic E-state index is 12.8. The molecular weight excluding hydrogens is 267 g/mol. The molecule has 0 saturated heterocycles. The zero-order valence-corrected chi connectivity index (χ0v) is 12.6. The summed E-state index contributed by atoms with van der Waals surface area (Å²) in [5, 5.41) is 3.09. The fourth-order valence-corrected chi connectivity index (χ4v) is 2.17. The molecule has 5 heteroatoms. The molecule has 1 unspecified atom stereocenters. The molecule has 0 aliphatic rings. The number of methoxy groups -OCH3 is 1. The predicted molar refractivity (Wildman–Crippen MR) is 75.0 cm³/mol. The predicted octanol–water partition coefficient (Wildman–Crippen LogP) is 4.63. The maximum Gasteiger partial charge on any atom is 0.416 e. The molecular formula is C15H22F3NO. The van der Waals surface area contributed by atoms with Gasteiger partial charge in [0.05, 0.1) is 11.2 Å². The zero-order valence-electron chi connectivity index (χ0n) is 12.6. The fourth-order valence-electron chi connectivity index (χ4n) is 2.17. The van der Waals surface area contributed by atoms with Crippen LogP contribution < -0.4 is 5.32 Å². The Labute approximate surface area is 118 Å². The van der Waals surface area contributed by atoms with Crippen LogP contribution in [0, 0.1) is 6.92 Å². The summed E-state index contributed by atoms with van der Waals surface area (Å²) in [6, 6.07) is 4.32. The smallest absolute Gasteiger partial charge is 0.382 e. The molecule has 0 bridgehead atoms. The number of anilines is 1. The largest absolute Gasteiger partial charge is 0.416 e. The summed E-state index contributed by atoms with van der Waals surface area (Å²) >= 11 is 0. The number of hydrogen-bond acceptors (Lipinski definition) is 2. The van der Waals surface area contributed by atoms with Gasteiger partial charge in [-0.15, -0.1) is 0 Å². The molecule has 0 amide bonds. The lowest BCUT2D eigenvalue weighted by atomic mass is 9.99. The molecule has 20 heavy (non-hydrogen) atoms. The van der Waals surface area contributed by atoms with Gasteiger partial charge in [-0.2, -0.15) is 13.2 Å². The van der Waals surface area contributed by atoms with E-state index in [-0.39, 0.29) is 17.2 Å². The number of alkyl halides is 3. The monoisotopic (exact) mass is 289 g/mol. The maximum absolute atomic E-state index is 12.8. The first kappa shape index (κ1) is 16.8. The molecule has 0 aliphatic heterocycles. The van der Waals surface area contributed by atoms with Crippen LogP contribution in [0.15, 0.2) is 18.2 Å². The average Bonchev–Trinajstić information content (AvgIpc) is 2.29. The van der Waals surface area contributed by atoms with Gasteiger partial charge in [-0.05, 0) is 51.8 Å². The Hall–Kier alpha value is -1.23. The van der Waals surface area contributed by atoms with Gasteiger partial charge in [-0.1, -0.05) is 6.07 Å². The summed E-state index contributed by atoms with van der Waals surface area (Å²) in [6.07, 6.45) is -3.63. The molecule has 0 spiro atoms. The van der Waals surface area contributed by atoms with E-state index in [4.69, 9.17) is 4.74 Å². The van der Waals surface area contributed by atoms with Gasteiger partial charge in [0.25, 0.3) is 0 Å². The summed E-state index contributed by atoms with van der Waals surface area (Å²) < 4.78 is 43.9. The molecule has 0 aromatic heterocycles. The molecule has 1 atom stereocenters. The topological polar surface area (TPSA) is 21.3 Å². The van der Waals surface area contributed by atoms with Crippen molar-refractivity contribution in [2.24, 2.45) is 0 Å². The number of hydrogen-bond donors (Lipinski definition) is 1. The van der Waals surface area contributed by atoms with Crippen LogP contribution in [0.3, 0.4) is 0 Å². The van der Waals surface area contributed by atoms with Crippen molar-refractivity contribution in [3.05, 3.63) is 29.3 Å². The van der Waals surface area contributed by atoms with E-state index in [1.54, 1.807) is 13.2 Å². The van der Waals surface area contributed by atoms with Crippen molar-refractivity contribution in [1.82, 2.24) is 0 Å². The van der Waals surface area contributed by atoms with Crippen molar-refractivity contribution in [2.45, 2.75) is 51.9 Å². The number of nitrogens with one attached hydrogen (secondary N) is 1. The highest BCUT2D eigenvalue weighted by atomic mass is 19.4. The minimum Gasteiger partial charge on any atom is -0.382 e. The van der Waals surface area contributed by atoms with Crippen molar-refractivity contribution >= 4 is 5.69 Å². The molecule has 1 N–H and O–H groups in total. The fraction of sp³-hybridized carbons (Fsp3) is 0.600. The second-order valence-electron chi connectivity index (χ2n) is 5.74. The molecule has 0 saturated carbocycles. The van der Waals surface area contributed by atoms with E-state index in [2.05, 4.69) is 5.32 Å². The Morgan fingerprint density at radius 1 is 1.25 bits per heavy atom. The number of rotatable bonds is 5. The van der Waals surface area contributed by atoms with Crippen LogP contribution in [0.2, 0.25) is 0 Å². The van der Waals surface area contributed by atoms with E-state index in [1.165, 1.54) is 13.0 Å². The molecule has 114 valence electrons. The highest BCUT2D eigenvalue weighted by molar-refractivity contribution is 5.50. The molecule has 0 fully saturated rings. The molecule has 2 nitrogen and oxygen atoms in total. The standard InChI is InChI=1S/C15H22F3NO/c1-10-6-7-12(8-13(10)15(16,17)18)19-11(2)9-14(3,4)20-5/h6-8,11,19H,9H2,1-5H3. The molecule has 1 aromatic carbocycles. The van der Waals surface area contributed by atoms with Crippen LogP contribution >= 0.6 is 0 Å². The molecule has 0 heterocycles. The van der Waals surface area contributed by atoms with Gasteiger partial charge in [0.2, 0.25) is 0 Å². The van der Waals surface area contributed by atoms with Gasteiger partial charge in [-0.25, -0.2) is 0 Å². The van der Waals surface area contributed by atoms with Crippen molar-refractivity contribution in [3.8, 4) is 0 Å². The normalized spacial score (nSPS) is 14.2. The molecule has 0 radical (unpaired) electrons. The summed E-state index contributed by atoms with van der Waals surface area (Å²) in [6.45, 7) is 7.28. The number of aryl methyl sites for hydroxylation is 1. The third-order valence-electron chi connectivity index (χ3n) is 3.31. The second-order valence-corrected chi connectivity index (χ2v) is 5.74. The quantitative estimate of drug-likeness (QED) is 0.853. The summed E-state index contributed by atoms with van der Waals surface area (Å²) in [4.78, 5) is 0. The van der Waals surface area contributed by atoms with E-state index in [0.29, 0.717) is 12.1 Å². The van der Waals surface area contributed by atoms with Gasteiger partial charge in [0.15, 0.2) is 0 Å². The van der Waals surface area contributed by atoms with Crippen LogP contribution in [-0.2, 0) is 10.9 Å². The second kappa shape index (κ2) is 6.04. The Kier molecular flexibility index (Phi) is 5.08. The first-order valence-electron chi connectivity index (χ1n) is 6.55. The summed E-state index contributed by atoms with van der Waals surface area (Å²) in [5.41, 5.74) is -0.208. The zero-order chi connectivity index (χ0) is 15.6. The van der Waals surface area contributed by atoms with Gasteiger partial charge >= 0.3 is 6.18 Å². The first-order chi connectivity index (χ1) is 9.05. The van der Waals surface area contributed by atoms with E-state index >= 15 is 0 Å². The van der Waals surface area contributed by atoms with Crippen molar-refractivity contribution in [2.75, 3.05) is 12.4 Å². The lowest BCUT2D eigenvalue weighted by molar-refractivity contribution is -0.138. The van der Waals surface area contributed by atoms with Crippen LogP contribution in [0.1, 0.15) is 38.3 Å². The van der Waals surface area contributed by atoms with E-state index in [9.17, 15) is 13.2 Å². The van der Waals surface area contributed by atoms with Gasteiger partial charge in [0.1, 0.15) is 0 Å². The highest BCUT2D eigenvalue weighted by Crippen LogP contribution is 2.33.